The van der Waals surface area contributed by atoms with E-state index in [0.717, 1.165) is 18.9 Å². The summed E-state index contributed by atoms with van der Waals surface area (Å²) in [5.41, 5.74) is -0.290. The number of hydrogen-bond acceptors (Lipinski definition) is 6. The second-order valence-electron chi connectivity index (χ2n) is 6.62. The van der Waals surface area contributed by atoms with E-state index in [2.05, 4.69) is 5.10 Å². The smallest absolute Gasteiger partial charge is 0.359 e. The fourth-order valence-electron chi connectivity index (χ4n) is 2.97. The molecule has 30 heavy (non-hydrogen) atoms. The minimum absolute atomic E-state index is 0.00792. The number of hydrogen-bond donors (Lipinski definition) is 0. The number of aromatic nitrogens is 2. The third-order valence-electron chi connectivity index (χ3n) is 4.59. The fraction of sp³-hybridized carbons (Fsp3) is 0.273. The minimum atomic E-state index is -0.834. The summed E-state index contributed by atoms with van der Waals surface area (Å²) >= 11 is 0. The summed E-state index contributed by atoms with van der Waals surface area (Å²) < 4.78 is 25.0. The zero-order valence-corrected chi connectivity index (χ0v) is 16.7. The van der Waals surface area contributed by atoms with E-state index in [1.807, 2.05) is 6.92 Å². The van der Waals surface area contributed by atoms with Crippen LogP contribution < -0.4 is 10.3 Å². The number of halogens is 1. The normalized spacial score (nSPS) is 10.8. The van der Waals surface area contributed by atoms with Gasteiger partial charge >= 0.3 is 5.97 Å². The number of carbonyl (C=O) groups is 2. The largest absolute Gasteiger partial charge is 0.494 e. The van der Waals surface area contributed by atoms with E-state index >= 15 is 0 Å². The van der Waals surface area contributed by atoms with Crippen molar-refractivity contribution in [2.45, 2.75) is 26.3 Å². The molecule has 0 N–H and O–H groups in total. The number of carbonyl (C=O) groups excluding carboxylic acids is 2. The van der Waals surface area contributed by atoms with E-state index in [1.54, 1.807) is 24.3 Å². The van der Waals surface area contributed by atoms with Crippen molar-refractivity contribution in [2.75, 3.05) is 13.7 Å². The molecule has 1 aromatic heterocycles. The molecule has 0 aliphatic carbocycles. The molecule has 3 aromatic rings. The van der Waals surface area contributed by atoms with Crippen molar-refractivity contribution < 1.29 is 23.5 Å². The Bertz CT molecular complexity index is 1160. The Morgan fingerprint density at radius 2 is 1.87 bits per heavy atom. The molecule has 0 aliphatic heterocycles. The molecule has 7 nitrogen and oxygen atoms in total. The van der Waals surface area contributed by atoms with Crippen LogP contribution in [0.25, 0.3) is 10.8 Å². The van der Waals surface area contributed by atoms with E-state index in [1.165, 1.54) is 23.9 Å². The topological polar surface area (TPSA) is 87.5 Å². The lowest BCUT2D eigenvalue weighted by molar-refractivity contribution is 0.0468. The Morgan fingerprint density at radius 1 is 1.13 bits per heavy atom. The van der Waals surface area contributed by atoms with Crippen LogP contribution >= 0.6 is 0 Å². The highest BCUT2D eigenvalue weighted by molar-refractivity contribution is 6.04. The van der Waals surface area contributed by atoms with E-state index in [4.69, 9.17) is 9.47 Å². The second-order valence-corrected chi connectivity index (χ2v) is 6.62. The Morgan fingerprint density at radius 3 is 2.53 bits per heavy atom. The number of aryl methyl sites for hydroxylation is 1. The number of fused-ring (bicyclic) bond motifs is 1. The first-order valence-corrected chi connectivity index (χ1v) is 9.50. The molecule has 0 unspecified atom stereocenters. The molecule has 0 amide bonds. The summed E-state index contributed by atoms with van der Waals surface area (Å²) in [5.74, 6) is -2.09. The van der Waals surface area contributed by atoms with Crippen LogP contribution in [0.4, 0.5) is 4.39 Å². The van der Waals surface area contributed by atoms with E-state index in [0.29, 0.717) is 17.3 Å². The van der Waals surface area contributed by atoms with Crippen LogP contribution in [-0.4, -0.2) is 35.2 Å². The predicted molar refractivity (Wildman–Crippen MR) is 108 cm³/mol. The lowest BCUT2D eigenvalue weighted by Gasteiger charge is -2.10. The van der Waals surface area contributed by atoms with Crippen molar-refractivity contribution in [3.63, 3.8) is 0 Å². The molecule has 156 valence electrons. The average molecular weight is 412 g/mol. The zero-order valence-electron chi connectivity index (χ0n) is 16.7. The Kier molecular flexibility index (Phi) is 6.56. The molecule has 0 fully saturated rings. The third-order valence-corrected chi connectivity index (χ3v) is 4.59. The van der Waals surface area contributed by atoms with E-state index in [9.17, 15) is 18.8 Å². The lowest BCUT2D eigenvalue weighted by atomic mass is 10.1. The monoisotopic (exact) mass is 412 g/mol. The SMILES string of the molecule is CCCCn1nc(C(=O)OCC(=O)c2ccc(OC)c(F)c2)c2ccccc2c1=O. The van der Waals surface area contributed by atoms with Gasteiger partial charge in [0.1, 0.15) is 0 Å². The molecular formula is C22H21FN2O5. The fourth-order valence-corrected chi connectivity index (χ4v) is 2.97. The predicted octanol–water partition coefficient (Wildman–Crippen LogP) is 3.38. The zero-order chi connectivity index (χ0) is 21.7. The quantitative estimate of drug-likeness (QED) is 0.416. The summed E-state index contributed by atoms with van der Waals surface area (Å²) in [6, 6.07) is 10.3. The maximum atomic E-state index is 13.8. The molecule has 0 saturated heterocycles. The average Bonchev–Trinajstić information content (AvgIpc) is 2.76. The van der Waals surface area contributed by atoms with Crippen molar-refractivity contribution in [2.24, 2.45) is 0 Å². The molecule has 8 heteroatoms. The van der Waals surface area contributed by atoms with Gasteiger partial charge in [-0.15, -0.1) is 0 Å². The van der Waals surface area contributed by atoms with Gasteiger partial charge in [0.2, 0.25) is 0 Å². The Balaban J connectivity index is 1.84. The number of nitrogens with zero attached hydrogens (tertiary/aromatic N) is 2. The van der Waals surface area contributed by atoms with Gasteiger partial charge in [0.05, 0.1) is 12.5 Å². The molecule has 0 saturated carbocycles. The number of rotatable bonds is 8. The van der Waals surface area contributed by atoms with Gasteiger partial charge < -0.3 is 9.47 Å². The third kappa shape index (κ3) is 4.37. The molecule has 1 heterocycles. The van der Waals surface area contributed by atoms with Crippen LogP contribution in [0.2, 0.25) is 0 Å². The number of ketones is 1. The first-order chi connectivity index (χ1) is 14.5. The van der Waals surface area contributed by atoms with Crippen LogP contribution in [0.3, 0.4) is 0 Å². The summed E-state index contributed by atoms with van der Waals surface area (Å²) in [5, 5.41) is 4.86. The standard InChI is InChI=1S/C22H21FN2O5/c1-3-4-11-25-21(27)16-8-6-5-7-15(16)20(24-25)22(28)30-13-18(26)14-9-10-19(29-2)17(23)12-14/h5-10,12H,3-4,11,13H2,1-2H3. The Hall–Kier alpha value is -3.55. The molecular weight excluding hydrogens is 391 g/mol. The summed E-state index contributed by atoms with van der Waals surface area (Å²) in [7, 11) is 1.32. The number of ether oxygens (including phenoxy) is 2. The second kappa shape index (κ2) is 9.30. The Labute approximate surface area is 172 Å². The highest BCUT2D eigenvalue weighted by atomic mass is 19.1. The maximum absolute atomic E-state index is 13.8. The van der Waals surface area contributed by atoms with Gasteiger partial charge in [-0.2, -0.15) is 5.10 Å². The summed E-state index contributed by atoms with van der Waals surface area (Å²) in [6.07, 6.45) is 1.58. The van der Waals surface area contributed by atoms with Gasteiger partial charge in [-0.3, -0.25) is 9.59 Å². The van der Waals surface area contributed by atoms with Crippen molar-refractivity contribution in [3.8, 4) is 5.75 Å². The molecule has 3 rings (SSSR count). The van der Waals surface area contributed by atoms with E-state index < -0.39 is 24.2 Å². The summed E-state index contributed by atoms with van der Waals surface area (Å²) in [6.45, 7) is 1.76. The number of benzene rings is 2. The maximum Gasteiger partial charge on any atom is 0.359 e. The van der Waals surface area contributed by atoms with Crippen molar-refractivity contribution in [3.05, 3.63) is 69.9 Å². The molecule has 0 spiro atoms. The van der Waals surface area contributed by atoms with Crippen LogP contribution in [-0.2, 0) is 11.3 Å². The summed E-state index contributed by atoms with van der Waals surface area (Å²) in [4.78, 5) is 37.5. The molecule has 0 atom stereocenters. The molecule has 0 aliphatic rings. The first kappa shape index (κ1) is 21.2. The van der Waals surface area contributed by atoms with Gasteiger partial charge in [-0.25, -0.2) is 13.9 Å². The molecule has 0 bridgehead atoms. The van der Waals surface area contributed by atoms with Gasteiger partial charge in [-0.1, -0.05) is 31.5 Å². The van der Waals surface area contributed by atoms with Crippen LogP contribution in [0.1, 0.15) is 40.6 Å². The number of esters is 1. The number of Topliss-reactive ketones (excluding diaryl/α,β-unsaturated/α-hetero) is 1. The van der Waals surface area contributed by atoms with Gasteiger partial charge in [-0.05, 0) is 30.7 Å². The first-order valence-electron chi connectivity index (χ1n) is 9.50. The minimum Gasteiger partial charge on any atom is -0.494 e. The van der Waals surface area contributed by atoms with E-state index in [-0.39, 0.29) is 22.6 Å². The van der Waals surface area contributed by atoms with Crippen molar-refractivity contribution in [1.29, 1.82) is 0 Å². The van der Waals surface area contributed by atoms with Gasteiger partial charge in [0.15, 0.2) is 29.7 Å². The number of unbranched alkanes of at least 4 members (excludes halogenated alkanes) is 1. The molecule has 0 radical (unpaired) electrons. The lowest BCUT2D eigenvalue weighted by Crippen LogP contribution is -2.27. The van der Waals surface area contributed by atoms with Gasteiger partial charge in [0, 0.05) is 17.5 Å². The van der Waals surface area contributed by atoms with Crippen LogP contribution in [0.15, 0.2) is 47.3 Å². The highest BCUT2D eigenvalue weighted by Crippen LogP contribution is 2.19. The molecule has 2 aromatic carbocycles. The van der Waals surface area contributed by atoms with Crippen LogP contribution in [0.5, 0.6) is 5.75 Å². The van der Waals surface area contributed by atoms with Gasteiger partial charge in [0.25, 0.3) is 5.56 Å². The van der Waals surface area contributed by atoms with Crippen molar-refractivity contribution >= 4 is 22.5 Å². The van der Waals surface area contributed by atoms with Crippen LogP contribution in [0, 0.1) is 5.82 Å². The highest BCUT2D eigenvalue weighted by Gasteiger charge is 2.20. The number of methoxy groups -OCH3 is 1. The van der Waals surface area contributed by atoms with Crippen molar-refractivity contribution in [1.82, 2.24) is 9.78 Å².